The molecule has 2 N–H and O–H groups in total. The minimum atomic E-state index is -0.690. The molecule has 0 spiro atoms. The molecule has 1 aliphatic heterocycles. The normalized spacial score (nSPS) is 34.6. The van der Waals surface area contributed by atoms with Gasteiger partial charge in [0.25, 0.3) is 0 Å². The highest BCUT2D eigenvalue weighted by atomic mass is 19.1. The Morgan fingerprint density at radius 3 is 2.79 bits per heavy atom. The molecule has 3 nitrogen and oxygen atoms in total. The lowest BCUT2D eigenvalue weighted by molar-refractivity contribution is -0.139. The summed E-state index contributed by atoms with van der Waals surface area (Å²) in [6.45, 7) is 1.16. The van der Waals surface area contributed by atoms with Gasteiger partial charge in [0, 0.05) is 11.6 Å². The smallest absolute Gasteiger partial charge is 0.123 e. The van der Waals surface area contributed by atoms with Gasteiger partial charge in [-0.05, 0) is 37.1 Å². The highest BCUT2D eigenvalue weighted by Gasteiger charge is 2.48. The number of nitrogens with one attached hydrogen (secondary N) is 1. The van der Waals surface area contributed by atoms with Gasteiger partial charge in [-0.15, -0.1) is 0 Å². The van der Waals surface area contributed by atoms with Gasteiger partial charge in [0.2, 0.25) is 0 Å². The predicted octanol–water partition coefficient (Wildman–Crippen LogP) is 2.56. The Labute approximate surface area is 112 Å². The molecule has 104 valence electrons. The second-order valence-electron chi connectivity index (χ2n) is 5.68. The summed E-state index contributed by atoms with van der Waals surface area (Å²) in [5.41, 5.74) is 0.139. The van der Waals surface area contributed by atoms with Gasteiger partial charge in [0.15, 0.2) is 0 Å². The van der Waals surface area contributed by atoms with Crippen LogP contribution in [0.1, 0.15) is 25.7 Å². The first kappa shape index (κ1) is 12.9. The van der Waals surface area contributed by atoms with Crippen molar-refractivity contribution in [1.82, 2.24) is 0 Å². The predicted molar refractivity (Wildman–Crippen MR) is 71.5 cm³/mol. The fourth-order valence-corrected chi connectivity index (χ4v) is 3.33. The Kier molecular flexibility index (Phi) is 3.46. The molecule has 1 heterocycles. The summed E-state index contributed by atoms with van der Waals surface area (Å²) in [6, 6.07) is 6.14. The molecule has 2 unspecified atom stereocenters. The van der Waals surface area contributed by atoms with Crippen LogP contribution >= 0.6 is 0 Å². The third-order valence-corrected chi connectivity index (χ3v) is 4.48. The molecule has 2 aliphatic rings. The standard InChI is InChI=1S/C15H20FNO2/c16-12-4-6-13(7-5-12)17-14-10-19-9-11-3-1-2-8-15(11,14)18/h4-7,11,14,17-18H,1-3,8-10H2/t11?,14?,15-/m1/s1. The Morgan fingerprint density at radius 1 is 1.21 bits per heavy atom. The molecule has 1 saturated carbocycles. The molecule has 1 aromatic carbocycles. The topological polar surface area (TPSA) is 41.5 Å². The number of benzene rings is 1. The van der Waals surface area contributed by atoms with Gasteiger partial charge in [-0.3, -0.25) is 0 Å². The van der Waals surface area contributed by atoms with Gasteiger partial charge in [-0.25, -0.2) is 4.39 Å². The number of hydrogen-bond donors (Lipinski definition) is 2. The molecule has 3 rings (SSSR count). The number of anilines is 1. The molecule has 2 fully saturated rings. The third-order valence-electron chi connectivity index (χ3n) is 4.48. The van der Waals surface area contributed by atoms with Crippen LogP contribution < -0.4 is 5.32 Å². The fraction of sp³-hybridized carbons (Fsp3) is 0.600. The van der Waals surface area contributed by atoms with Crippen LogP contribution in [0.5, 0.6) is 0 Å². The average Bonchev–Trinajstić information content (AvgIpc) is 2.42. The van der Waals surface area contributed by atoms with E-state index in [2.05, 4.69) is 5.32 Å². The summed E-state index contributed by atoms with van der Waals surface area (Å²) in [4.78, 5) is 0. The first-order chi connectivity index (χ1) is 9.18. The molecule has 1 aliphatic carbocycles. The molecule has 4 heteroatoms. The summed E-state index contributed by atoms with van der Waals surface area (Å²) in [6.07, 6.45) is 4.08. The van der Waals surface area contributed by atoms with E-state index in [0.29, 0.717) is 13.2 Å². The van der Waals surface area contributed by atoms with Crippen LogP contribution in [0.15, 0.2) is 24.3 Å². The highest BCUT2D eigenvalue weighted by molar-refractivity contribution is 5.44. The number of fused-ring (bicyclic) bond motifs is 1. The van der Waals surface area contributed by atoms with Crippen molar-refractivity contribution in [2.45, 2.75) is 37.3 Å². The Morgan fingerprint density at radius 2 is 2.00 bits per heavy atom. The first-order valence-corrected chi connectivity index (χ1v) is 7.01. The van der Waals surface area contributed by atoms with Crippen molar-refractivity contribution in [1.29, 1.82) is 0 Å². The molecule has 1 saturated heterocycles. The lowest BCUT2D eigenvalue weighted by Crippen LogP contribution is -2.60. The number of rotatable bonds is 2. The number of halogens is 1. The van der Waals surface area contributed by atoms with Crippen molar-refractivity contribution in [2.75, 3.05) is 18.5 Å². The van der Waals surface area contributed by atoms with Gasteiger partial charge in [0.05, 0.1) is 24.9 Å². The van der Waals surface area contributed by atoms with E-state index >= 15 is 0 Å². The minimum Gasteiger partial charge on any atom is -0.387 e. The van der Waals surface area contributed by atoms with Crippen LogP contribution in [0.2, 0.25) is 0 Å². The Balaban J connectivity index is 1.77. The SMILES string of the molecule is O[C@]12CCCCC1COCC2Nc1ccc(F)cc1. The summed E-state index contributed by atoms with van der Waals surface area (Å²) < 4.78 is 18.5. The van der Waals surface area contributed by atoms with E-state index in [1.807, 2.05) is 0 Å². The summed E-state index contributed by atoms with van der Waals surface area (Å²) in [5, 5.41) is 14.3. The van der Waals surface area contributed by atoms with Gasteiger partial charge >= 0.3 is 0 Å². The van der Waals surface area contributed by atoms with Crippen molar-refractivity contribution in [3.8, 4) is 0 Å². The van der Waals surface area contributed by atoms with Gasteiger partial charge in [-0.1, -0.05) is 12.8 Å². The van der Waals surface area contributed by atoms with Crippen molar-refractivity contribution in [2.24, 2.45) is 5.92 Å². The zero-order valence-electron chi connectivity index (χ0n) is 10.9. The lowest BCUT2D eigenvalue weighted by atomic mass is 9.70. The highest BCUT2D eigenvalue weighted by Crippen LogP contribution is 2.40. The van der Waals surface area contributed by atoms with Crippen molar-refractivity contribution >= 4 is 5.69 Å². The quantitative estimate of drug-likeness (QED) is 0.863. The zero-order valence-corrected chi connectivity index (χ0v) is 10.9. The summed E-state index contributed by atoms with van der Waals surface area (Å²) in [7, 11) is 0. The van der Waals surface area contributed by atoms with Crippen molar-refractivity contribution in [3.05, 3.63) is 30.1 Å². The van der Waals surface area contributed by atoms with Crippen LogP contribution in [-0.2, 0) is 4.74 Å². The summed E-state index contributed by atoms with van der Waals surface area (Å²) >= 11 is 0. The van der Waals surface area contributed by atoms with Crippen molar-refractivity contribution < 1.29 is 14.2 Å². The maximum Gasteiger partial charge on any atom is 0.123 e. The van der Waals surface area contributed by atoms with Crippen LogP contribution in [0.3, 0.4) is 0 Å². The largest absolute Gasteiger partial charge is 0.387 e. The number of aliphatic hydroxyl groups is 1. The van der Waals surface area contributed by atoms with Crippen LogP contribution in [0.25, 0.3) is 0 Å². The lowest BCUT2D eigenvalue weighted by Gasteiger charge is -2.48. The second kappa shape index (κ2) is 5.10. The van der Waals surface area contributed by atoms with Crippen molar-refractivity contribution in [3.63, 3.8) is 0 Å². The molecule has 3 atom stereocenters. The zero-order chi connectivity index (χ0) is 13.3. The van der Waals surface area contributed by atoms with Crippen LogP contribution in [-0.4, -0.2) is 30.0 Å². The van der Waals surface area contributed by atoms with E-state index in [-0.39, 0.29) is 17.8 Å². The van der Waals surface area contributed by atoms with Crippen LogP contribution in [0, 0.1) is 11.7 Å². The maximum absolute atomic E-state index is 12.9. The van der Waals surface area contributed by atoms with E-state index in [9.17, 15) is 9.50 Å². The molecule has 19 heavy (non-hydrogen) atoms. The first-order valence-electron chi connectivity index (χ1n) is 7.01. The molecule has 0 aromatic heterocycles. The summed E-state index contributed by atoms with van der Waals surface area (Å²) in [5.74, 6) is -0.0346. The maximum atomic E-state index is 12.9. The van der Waals surface area contributed by atoms with Gasteiger partial charge in [-0.2, -0.15) is 0 Å². The van der Waals surface area contributed by atoms with Gasteiger partial charge < -0.3 is 15.2 Å². The fourth-order valence-electron chi connectivity index (χ4n) is 3.33. The van der Waals surface area contributed by atoms with E-state index < -0.39 is 5.60 Å². The van der Waals surface area contributed by atoms with E-state index in [0.717, 1.165) is 24.9 Å². The van der Waals surface area contributed by atoms with E-state index in [1.54, 1.807) is 12.1 Å². The monoisotopic (exact) mass is 265 g/mol. The average molecular weight is 265 g/mol. The molecule has 0 bridgehead atoms. The number of ether oxygens (including phenoxy) is 1. The van der Waals surface area contributed by atoms with Crippen LogP contribution in [0.4, 0.5) is 10.1 Å². The van der Waals surface area contributed by atoms with E-state index in [4.69, 9.17) is 4.74 Å². The Hall–Kier alpha value is -1.13. The number of hydrogen-bond acceptors (Lipinski definition) is 3. The molecule has 0 amide bonds. The van der Waals surface area contributed by atoms with E-state index in [1.165, 1.54) is 18.6 Å². The molecular weight excluding hydrogens is 245 g/mol. The molecule has 1 aromatic rings. The molecule has 0 radical (unpaired) electrons. The third kappa shape index (κ3) is 2.47. The second-order valence-corrected chi connectivity index (χ2v) is 5.68. The molecular formula is C15H20FNO2. The van der Waals surface area contributed by atoms with Gasteiger partial charge in [0.1, 0.15) is 5.82 Å². The Bertz CT molecular complexity index is 434. The minimum absolute atomic E-state index is 0.114.